The predicted molar refractivity (Wildman–Crippen MR) is 109 cm³/mol. The molecule has 2 aliphatic rings. The number of rotatable bonds is 4. The summed E-state index contributed by atoms with van der Waals surface area (Å²) < 4.78 is 0. The fourth-order valence-electron chi connectivity index (χ4n) is 4.14. The molecule has 0 saturated carbocycles. The number of amides is 4. The van der Waals surface area contributed by atoms with E-state index in [1.165, 1.54) is 19.1 Å². The molecule has 2 saturated heterocycles. The van der Waals surface area contributed by atoms with Gasteiger partial charge in [0.05, 0.1) is 5.92 Å². The van der Waals surface area contributed by atoms with Crippen LogP contribution in [0.3, 0.4) is 0 Å². The van der Waals surface area contributed by atoms with Crippen LogP contribution in [0.25, 0.3) is 0 Å². The Labute approximate surface area is 176 Å². The van der Waals surface area contributed by atoms with E-state index < -0.39 is 11.8 Å². The van der Waals surface area contributed by atoms with Crippen LogP contribution in [0.1, 0.15) is 60.0 Å². The first-order valence-electron chi connectivity index (χ1n) is 10.5. The summed E-state index contributed by atoms with van der Waals surface area (Å²) in [5, 5.41) is 2.94. The average Bonchev–Trinajstić information content (AvgIpc) is 2.98. The molecule has 2 atom stereocenters. The molecular formula is C21H29N5O4. The largest absolute Gasteiger partial charge is 0.364 e. The van der Waals surface area contributed by atoms with E-state index >= 15 is 0 Å². The maximum atomic E-state index is 13.1. The summed E-state index contributed by atoms with van der Waals surface area (Å²) in [4.78, 5) is 56.3. The monoisotopic (exact) mass is 415 g/mol. The third kappa shape index (κ3) is 5.34. The second-order valence-corrected chi connectivity index (χ2v) is 8.03. The molecule has 0 spiro atoms. The van der Waals surface area contributed by atoms with Gasteiger partial charge in [0.15, 0.2) is 0 Å². The zero-order chi connectivity index (χ0) is 21.7. The van der Waals surface area contributed by atoms with Gasteiger partial charge in [-0.3, -0.25) is 19.2 Å². The molecule has 0 aliphatic carbocycles. The summed E-state index contributed by atoms with van der Waals surface area (Å²) in [7, 11) is 0. The molecule has 2 aliphatic heterocycles. The Morgan fingerprint density at radius 2 is 1.73 bits per heavy atom. The minimum absolute atomic E-state index is 0.000743. The molecular weight excluding hydrogens is 386 g/mol. The Morgan fingerprint density at radius 1 is 1.00 bits per heavy atom. The molecule has 3 heterocycles. The van der Waals surface area contributed by atoms with Crippen LogP contribution in [0.5, 0.6) is 0 Å². The van der Waals surface area contributed by atoms with Gasteiger partial charge < -0.3 is 20.9 Å². The quantitative estimate of drug-likeness (QED) is 0.743. The Kier molecular flexibility index (Phi) is 7.02. The molecule has 9 nitrogen and oxygen atoms in total. The third-order valence-electron chi connectivity index (χ3n) is 5.77. The number of carbonyl (C=O) groups excluding carboxylic acids is 4. The van der Waals surface area contributed by atoms with Crippen molar-refractivity contribution in [3.63, 3.8) is 0 Å². The van der Waals surface area contributed by atoms with Crippen LogP contribution in [0.15, 0.2) is 18.2 Å². The van der Waals surface area contributed by atoms with Gasteiger partial charge in [-0.25, -0.2) is 4.98 Å². The molecule has 3 rings (SSSR count). The van der Waals surface area contributed by atoms with Gasteiger partial charge >= 0.3 is 0 Å². The fraction of sp³-hybridized carbons (Fsp3) is 0.571. The molecule has 0 radical (unpaired) electrons. The Bertz CT molecular complexity index is 827. The molecule has 1 aromatic rings. The number of hydrogen-bond acceptors (Lipinski definition) is 5. The molecule has 3 N–H and O–H groups in total. The zero-order valence-electron chi connectivity index (χ0n) is 17.3. The molecule has 162 valence electrons. The highest BCUT2D eigenvalue weighted by molar-refractivity contribution is 5.95. The van der Waals surface area contributed by atoms with E-state index in [1.54, 1.807) is 11.0 Å². The number of pyridine rings is 1. The van der Waals surface area contributed by atoms with Crippen LogP contribution >= 0.6 is 0 Å². The van der Waals surface area contributed by atoms with Crippen LogP contribution in [0, 0.1) is 5.92 Å². The van der Waals surface area contributed by atoms with Crippen molar-refractivity contribution in [1.29, 1.82) is 0 Å². The molecule has 4 amide bonds. The summed E-state index contributed by atoms with van der Waals surface area (Å²) >= 11 is 0. The summed E-state index contributed by atoms with van der Waals surface area (Å²) in [5.41, 5.74) is 5.39. The lowest BCUT2D eigenvalue weighted by atomic mass is 9.96. The molecule has 2 fully saturated rings. The van der Waals surface area contributed by atoms with Gasteiger partial charge in [-0.1, -0.05) is 6.07 Å². The van der Waals surface area contributed by atoms with Crippen molar-refractivity contribution in [2.24, 2.45) is 11.7 Å². The lowest BCUT2D eigenvalue weighted by Crippen LogP contribution is -2.50. The molecule has 0 bridgehead atoms. The molecule has 1 aromatic heterocycles. The maximum Gasteiger partial charge on any atom is 0.270 e. The fourth-order valence-corrected chi connectivity index (χ4v) is 4.14. The second kappa shape index (κ2) is 9.69. The summed E-state index contributed by atoms with van der Waals surface area (Å²) in [6.07, 6.45) is 4.13. The average molecular weight is 415 g/mol. The van der Waals surface area contributed by atoms with E-state index in [4.69, 9.17) is 5.73 Å². The number of piperidine rings is 1. The van der Waals surface area contributed by atoms with Gasteiger partial charge in [0, 0.05) is 39.1 Å². The lowest BCUT2D eigenvalue weighted by Gasteiger charge is -2.35. The highest BCUT2D eigenvalue weighted by Crippen LogP contribution is 2.21. The number of nitrogens with one attached hydrogen (secondary N) is 1. The number of primary amides is 1. The Balaban J connectivity index is 1.64. The first-order valence-corrected chi connectivity index (χ1v) is 10.5. The number of aromatic nitrogens is 1. The number of likely N-dealkylation sites (tertiary alicyclic amines) is 2. The first-order chi connectivity index (χ1) is 14.3. The summed E-state index contributed by atoms with van der Waals surface area (Å²) in [6.45, 7) is 3.78. The molecule has 9 heteroatoms. The van der Waals surface area contributed by atoms with E-state index in [9.17, 15) is 19.2 Å². The van der Waals surface area contributed by atoms with E-state index in [-0.39, 0.29) is 35.2 Å². The Morgan fingerprint density at radius 3 is 2.47 bits per heavy atom. The van der Waals surface area contributed by atoms with Crippen molar-refractivity contribution in [3.05, 3.63) is 29.6 Å². The van der Waals surface area contributed by atoms with Gasteiger partial charge in [-0.2, -0.15) is 0 Å². The maximum absolute atomic E-state index is 13.1. The highest BCUT2D eigenvalue weighted by atomic mass is 16.2. The SMILES string of the molecule is CC(=O)N1CCCC(C(=O)N2CCCC[C@H](NC(=O)c3cccc(C(N)=O)n3)C2)C1. The van der Waals surface area contributed by atoms with E-state index in [1.807, 2.05) is 4.90 Å². The van der Waals surface area contributed by atoms with Gasteiger partial charge in [-0.05, 0) is 44.2 Å². The number of carbonyl (C=O) groups is 4. The van der Waals surface area contributed by atoms with Gasteiger partial charge in [0.2, 0.25) is 11.8 Å². The molecule has 30 heavy (non-hydrogen) atoms. The van der Waals surface area contributed by atoms with Crippen LogP contribution in [-0.2, 0) is 9.59 Å². The second-order valence-electron chi connectivity index (χ2n) is 8.03. The van der Waals surface area contributed by atoms with Gasteiger partial charge in [0.1, 0.15) is 11.4 Å². The molecule has 0 aromatic carbocycles. The van der Waals surface area contributed by atoms with Crippen molar-refractivity contribution < 1.29 is 19.2 Å². The summed E-state index contributed by atoms with van der Waals surface area (Å²) in [6, 6.07) is 4.35. The highest BCUT2D eigenvalue weighted by Gasteiger charge is 2.32. The van der Waals surface area contributed by atoms with Crippen LogP contribution in [-0.4, -0.2) is 70.6 Å². The predicted octanol–water partition coefficient (Wildman–Crippen LogP) is 0.550. The smallest absolute Gasteiger partial charge is 0.270 e. The van der Waals surface area contributed by atoms with E-state index in [0.717, 1.165) is 32.1 Å². The van der Waals surface area contributed by atoms with Crippen LogP contribution in [0.4, 0.5) is 0 Å². The van der Waals surface area contributed by atoms with Gasteiger partial charge in [0.25, 0.3) is 11.8 Å². The van der Waals surface area contributed by atoms with E-state index in [2.05, 4.69) is 10.3 Å². The minimum Gasteiger partial charge on any atom is -0.364 e. The van der Waals surface area contributed by atoms with Crippen molar-refractivity contribution in [2.45, 2.75) is 45.1 Å². The first kappa shape index (κ1) is 21.7. The lowest BCUT2D eigenvalue weighted by molar-refractivity contribution is -0.140. The normalized spacial score (nSPS) is 22.2. The topological polar surface area (TPSA) is 126 Å². The van der Waals surface area contributed by atoms with Crippen LogP contribution in [0.2, 0.25) is 0 Å². The Hall–Kier alpha value is -2.97. The van der Waals surface area contributed by atoms with Crippen molar-refractivity contribution in [1.82, 2.24) is 20.1 Å². The summed E-state index contributed by atoms with van der Waals surface area (Å²) in [5.74, 6) is -1.22. The van der Waals surface area contributed by atoms with Gasteiger partial charge in [-0.15, -0.1) is 0 Å². The number of hydrogen-bond donors (Lipinski definition) is 2. The van der Waals surface area contributed by atoms with E-state index in [0.29, 0.717) is 26.2 Å². The number of nitrogens with zero attached hydrogens (tertiary/aromatic N) is 3. The standard InChI is InChI=1S/C21H29N5O4/c1-14(27)25-11-5-6-15(12-25)21(30)26-10-3-2-7-16(13-26)23-20(29)18-9-4-8-17(24-18)19(22)28/h4,8-9,15-16H,2-3,5-7,10-13H2,1H3,(H2,22,28)(H,23,29)/t15?,16-/m0/s1. The van der Waals surface area contributed by atoms with Crippen molar-refractivity contribution in [3.8, 4) is 0 Å². The van der Waals surface area contributed by atoms with Crippen molar-refractivity contribution in [2.75, 3.05) is 26.2 Å². The molecule has 1 unspecified atom stereocenters. The zero-order valence-corrected chi connectivity index (χ0v) is 17.3. The number of nitrogens with two attached hydrogens (primary N) is 1. The van der Waals surface area contributed by atoms with Crippen molar-refractivity contribution >= 4 is 23.6 Å². The minimum atomic E-state index is -0.692. The third-order valence-corrected chi connectivity index (χ3v) is 5.77. The van der Waals surface area contributed by atoms with Crippen LogP contribution < -0.4 is 11.1 Å².